The van der Waals surface area contributed by atoms with Crippen molar-refractivity contribution < 1.29 is 29.0 Å². The van der Waals surface area contributed by atoms with E-state index < -0.39 is 46.8 Å². The van der Waals surface area contributed by atoms with Crippen molar-refractivity contribution in [3.8, 4) is 11.5 Å². The van der Waals surface area contributed by atoms with Gasteiger partial charge in [-0.2, -0.15) is 10.2 Å². The molecule has 6 atom stereocenters. The zero-order valence-corrected chi connectivity index (χ0v) is 37.1. The predicted molar refractivity (Wildman–Crippen MR) is 240 cm³/mol. The summed E-state index contributed by atoms with van der Waals surface area (Å²) in [5, 5.41) is 20.2. The average molecular weight is 964 g/mol. The van der Waals surface area contributed by atoms with Gasteiger partial charge >= 0.3 is 0 Å². The van der Waals surface area contributed by atoms with Crippen LogP contribution < -0.4 is 19.4 Å². The van der Waals surface area contributed by atoms with Gasteiger partial charge in [-0.25, -0.2) is 4.90 Å². The number of imide groups is 2. The number of anilines is 3. The quantitative estimate of drug-likeness (QED) is 0.0930. The van der Waals surface area contributed by atoms with Gasteiger partial charge in [0.1, 0.15) is 0 Å². The second-order valence-corrected chi connectivity index (χ2v) is 17.9. The molecule has 9 rings (SSSR count). The number of halogens is 3. The number of phenols is 1. The molecule has 1 N–H and O–H groups in total. The van der Waals surface area contributed by atoms with Crippen LogP contribution in [0, 0.1) is 23.7 Å². The molecule has 2 heterocycles. The highest BCUT2D eigenvalue weighted by Crippen LogP contribution is 2.66. The summed E-state index contributed by atoms with van der Waals surface area (Å²) in [5.41, 5.74) is 3.40. The number of allylic oxidation sites excluding steroid dienone is 2. The molecular weight excluding hydrogens is 926 g/mol. The summed E-state index contributed by atoms with van der Waals surface area (Å²) in [4.78, 5) is 64.5. The van der Waals surface area contributed by atoms with Gasteiger partial charge in [-0.3, -0.25) is 24.1 Å². The van der Waals surface area contributed by atoms with E-state index in [1.807, 2.05) is 79.7 Å². The van der Waals surface area contributed by atoms with Gasteiger partial charge in [0.2, 0.25) is 23.6 Å². The van der Waals surface area contributed by atoms with Crippen LogP contribution in [0.5, 0.6) is 11.5 Å². The Labute approximate surface area is 373 Å². The van der Waals surface area contributed by atoms with Crippen LogP contribution in [0.1, 0.15) is 29.9 Å². The third-order valence-electron chi connectivity index (χ3n) is 12.6. The van der Waals surface area contributed by atoms with E-state index in [4.69, 9.17) is 16.3 Å². The minimum Gasteiger partial charge on any atom is -0.503 e. The van der Waals surface area contributed by atoms with Gasteiger partial charge in [0.25, 0.3) is 0 Å². The van der Waals surface area contributed by atoms with E-state index in [1.54, 1.807) is 54.6 Å². The van der Waals surface area contributed by atoms with Crippen molar-refractivity contribution >= 4 is 95.5 Å². The number of nitrogens with zero attached hydrogens (tertiary/aromatic N) is 5. The summed E-state index contributed by atoms with van der Waals surface area (Å²) in [6.07, 6.45) is 2.34. The third kappa shape index (κ3) is 6.42. The van der Waals surface area contributed by atoms with Crippen molar-refractivity contribution in [1.82, 2.24) is 0 Å². The van der Waals surface area contributed by atoms with Gasteiger partial charge in [0, 0.05) is 35.2 Å². The Balaban J connectivity index is 1.15. The topological polar surface area (TPSA) is 132 Å². The fraction of sp³-hybridized carbons (Fsp3) is 0.234. The maximum absolute atomic E-state index is 15.6. The minimum absolute atomic E-state index is 0.121. The van der Waals surface area contributed by atoms with E-state index in [0.29, 0.717) is 47.8 Å². The van der Waals surface area contributed by atoms with Crippen LogP contribution in [0.4, 0.5) is 28.4 Å². The van der Waals surface area contributed by atoms with Crippen LogP contribution in [0.15, 0.2) is 140 Å². The molecule has 0 unspecified atom stereocenters. The number of amides is 4. The number of carbonyl (C=O) groups is 4. The molecule has 4 aliphatic rings. The molecule has 3 fully saturated rings. The van der Waals surface area contributed by atoms with Gasteiger partial charge in [-0.05, 0) is 135 Å². The van der Waals surface area contributed by atoms with Gasteiger partial charge < -0.3 is 14.7 Å². The first-order valence-corrected chi connectivity index (χ1v) is 21.6. The largest absolute Gasteiger partial charge is 0.503 e. The molecule has 14 heteroatoms. The Morgan fingerprint density at radius 1 is 0.770 bits per heavy atom. The molecule has 0 spiro atoms. The molecule has 2 aliphatic carbocycles. The van der Waals surface area contributed by atoms with E-state index in [-0.39, 0.29) is 36.2 Å². The van der Waals surface area contributed by atoms with Crippen LogP contribution in [-0.4, -0.2) is 49.9 Å². The van der Waals surface area contributed by atoms with Crippen LogP contribution in [-0.2, 0) is 24.6 Å². The summed E-state index contributed by atoms with van der Waals surface area (Å²) in [7, 11) is 5.36. The molecule has 0 bridgehead atoms. The van der Waals surface area contributed by atoms with Crippen molar-refractivity contribution in [1.29, 1.82) is 0 Å². The lowest BCUT2D eigenvalue weighted by Gasteiger charge is -2.51. The first kappa shape index (κ1) is 40.8. The Hall–Kier alpha value is -5.63. The number of ether oxygens (including phenoxy) is 1. The molecule has 4 amide bonds. The number of hydrogen-bond acceptors (Lipinski definition) is 9. The normalized spacial score (nSPS) is 24.5. The molecule has 2 saturated heterocycles. The van der Waals surface area contributed by atoms with Gasteiger partial charge in [-0.1, -0.05) is 59.6 Å². The number of fused-ring (bicyclic) bond motifs is 4. The van der Waals surface area contributed by atoms with Crippen LogP contribution >= 0.6 is 43.5 Å². The maximum Gasteiger partial charge on any atom is 0.246 e. The smallest absolute Gasteiger partial charge is 0.246 e. The molecule has 5 aromatic carbocycles. The average Bonchev–Trinajstić information content (AvgIpc) is 3.66. The number of methoxy groups -OCH3 is 1. The molecule has 2 aliphatic heterocycles. The highest BCUT2D eigenvalue weighted by molar-refractivity contribution is 9.13. The highest BCUT2D eigenvalue weighted by Gasteiger charge is 2.70. The Bertz CT molecular complexity index is 2690. The second-order valence-electron chi connectivity index (χ2n) is 15.9. The lowest BCUT2D eigenvalue weighted by Crippen LogP contribution is -2.53. The van der Waals surface area contributed by atoms with Crippen molar-refractivity contribution in [2.75, 3.05) is 35.9 Å². The van der Waals surface area contributed by atoms with Crippen LogP contribution in [0.2, 0.25) is 5.02 Å². The molecule has 11 nitrogen and oxygen atoms in total. The zero-order valence-electron chi connectivity index (χ0n) is 33.1. The molecule has 1 saturated carbocycles. The van der Waals surface area contributed by atoms with Gasteiger partial charge in [0.05, 0.1) is 57.5 Å². The molecule has 5 aromatic rings. The fourth-order valence-electron chi connectivity index (χ4n) is 9.92. The maximum atomic E-state index is 15.6. The Morgan fingerprint density at radius 2 is 1.44 bits per heavy atom. The summed E-state index contributed by atoms with van der Waals surface area (Å²) in [6, 6.07) is 32.0. The summed E-state index contributed by atoms with van der Waals surface area (Å²) in [5.74, 6) is -5.56. The highest BCUT2D eigenvalue weighted by atomic mass is 79.9. The lowest BCUT2D eigenvalue weighted by atomic mass is 9.49. The van der Waals surface area contributed by atoms with Crippen molar-refractivity contribution in [2.24, 2.45) is 33.9 Å². The number of azo groups is 1. The number of benzene rings is 5. The molecule has 0 aromatic heterocycles. The Morgan fingerprint density at radius 3 is 2.08 bits per heavy atom. The van der Waals surface area contributed by atoms with E-state index >= 15 is 9.59 Å². The van der Waals surface area contributed by atoms with Crippen molar-refractivity contribution in [2.45, 2.75) is 24.2 Å². The van der Waals surface area contributed by atoms with Crippen molar-refractivity contribution in [3.05, 3.63) is 146 Å². The first-order valence-electron chi connectivity index (χ1n) is 19.7. The second kappa shape index (κ2) is 15.7. The third-order valence-corrected chi connectivity index (χ3v) is 15.0. The van der Waals surface area contributed by atoms with E-state index in [9.17, 15) is 14.7 Å². The summed E-state index contributed by atoms with van der Waals surface area (Å²) in [6.45, 7) is 0. The monoisotopic (exact) mass is 961 g/mol. The van der Waals surface area contributed by atoms with Crippen molar-refractivity contribution in [3.63, 3.8) is 0 Å². The zero-order chi connectivity index (χ0) is 42.9. The summed E-state index contributed by atoms with van der Waals surface area (Å²) < 4.78 is 6.40. The minimum atomic E-state index is -1.52. The Kier molecular flexibility index (Phi) is 10.5. The predicted octanol–water partition coefficient (Wildman–Crippen LogP) is 10.4. The number of hydrogen-bond donors (Lipinski definition) is 1. The van der Waals surface area contributed by atoms with E-state index in [1.165, 1.54) is 16.9 Å². The SMILES string of the molecule is COc1cc([C@H]2C3=CC[C@@H]4C(=O)N(c5ccc(N=Nc6ccc(N(C)C)cc6)cc5)C(=O)[C@@H]4[C@@H]3C[C@H]3C(=O)N(c4cccc(Cl)c4)C(=O)[C@@]23c2ccccc2)c(Br)c(Br)c1O. The van der Waals surface area contributed by atoms with Crippen LogP contribution in [0.25, 0.3) is 0 Å². The fourth-order valence-corrected chi connectivity index (χ4v) is 11.1. The standard InChI is InChI=1S/C47H38Br2ClN5O6/c1-53(2)29-16-12-27(13-17-29)51-52-28-14-18-30(19-15-28)54-43(57)33-21-20-32-34(38(33)45(54)59)23-36-44(58)55(31-11-7-10-26(50)22-31)46(60)47(36,25-8-5-4-6-9-25)39(32)35-24-37(61-3)42(56)41(49)40(35)48/h4-20,22,24,33-34,36,38-39,56H,21,23H2,1-3H3/t33-,34+,36-,38-,39+,47+/m0/s1. The molecule has 0 radical (unpaired) electrons. The number of rotatable bonds is 8. The van der Waals surface area contributed by atoms with E-state index in [2.05, 4.69) is 42.1 Å². The summed E-state index contributed by atoms with van der Waals surface area (Å²) >= 11 is 13.7. The van der Waals surface area contributed by atoms with E-state index in [0.717, 1.165) is 11.3 Å². The molecule has 61 heavy (non-hydrogen) atoms. The lowest BCUT2D eigenvalue weighted by molar-refractivity contribution is -0.127. The van der Waals surface area contributed by atoms with Gasteiger partial charge in [-0.15, -0.1) is 0 Å². The molecular formula is C47H38Br2ClN5O6. The van der Waals surface area contributed by atoms with Crippen LogP contribution in [0.3, 0.4) is 0 Å². The van der Waals surface area contributed by atoms with Gasteiger partial charge in [0.15, 0.2) is 11.5 Å². The number of carbonyl (C=O) groups excluding carboxylic acids is 4. The molecule has 308 valence electrons. The number of phenolic OH excluding ortho intramolecular Hbond substituents is 1. The first-order chi connectivity index (χ1) is 29.4. The number of aromatic hydroxyl groups is 1.